The van der Waals surface area contributed by atoms with E-state index >= 15 is 0 Å². The van der Waals surface area contributed by atoms with Crippen molar-refractivity contribution in [2.75, 3.05) is 0 Å². The highest BCUT2D eigenvalue weighted by Crippen LogP contribution is 2.20. The Hall–Kier alpha value is -2.92. The highest BCUT2D eigenvalue weighted by molar-refractivity contribution is 6.30. The van der Waals surface area contributed by atoms with Crippen LogP contribution in [0.3, 0.4) is 0 Å². The number of hydrogen-bond acceptors (Lipinski definition) is 3. The number of nitrogens with zero attached hydrogens (tertiary/aromatic N) is 2. The molecule has 0 bridgehead atoms. The molecule has 2 aromatic carbocycles. The van der Waals surface area contributed by atoms with Gasteiger partial charge in [0.15, 0.2) is 0 Å². The molecule has 0 fully saturated rings. The van der Waals surface area contributed by atoms with Gasteiger partial charge in [0, 0.05) is 18.1 Å². The number of amides is 1. The second kappa shape index (κ2) is 7.97. The van der Waals surface area contributed by atoms with Crippen molar-refractivity contribution >= 4 is 17.5 Å². The summed E-state index contributed by atoms with van der Waals surface area (Å²) in [5.41, 5.74) is 1.98. The Kier molecular flexibility index (Phi) is 5.49. The van der Waals surface area contributed by atoms with E-state index in [0.29, 0.717) is 11.4 Å². The summed E-state index contributed by atoms with van der Waals surface area (Å²) in [6, 6.07) is 19.8. The van der Waals surface area contributed by atoms with Gasteiger partial charge < -0.3 is 5.32 Å². The first kappa shape index (κ1) is 17.9. The first-order chi connectivity index (χ1) is 12.5. The first-order valence-electron chi connectivity index (χ1n) is 8.17. The number of carbonyl (C=O) groups is 1. The van der Waals surface area contributed by atoms with Gasteiger partial charge in [-0.2, -0.15) is 5.10 Å². The Morgan fingerprint density at radius 2 is 1.77 bits per heavy atom. The molecule has 1 unspecified atom stereocenters. The third kappa shape index (κ3) is 4.37. The fourth-order valence-electron chi connectivity index (χ4n) is 2.65. The van der Waals surface area contributed by atoms with Crippen LogP contribution in [0.5, 0.6) is 0 Å². The summed E-state index contributed by atoms with van der Waals surface area (Å²) in [4.78, 5) is 24.1. The molecule has 0 aliphatic rings. The Morgan fingerprint density at radius 1 is 1.08 bits per heavy atom. The number of aryl methyl sites for hydroxylation is 1. The standard InChI is InChI=1S/C20H18ClN3O2/c1-24-19(25)12-11-17(23-24)20(26)22-18(15-5-3-2-4-6-15)13-14-7-9-16(21)10-8-14/h2-12,18H,13H2,1H3,(H,22,26). The third-order valence-electron chi connectivity index (χ3n) is 4.05. The lowest BCUT2D eigenvalue weighted by atomic mass is 9.98. The van der Waals surface area contributed by atoms with Crippen LogP contribution in [0, 0.1) is 0 Å². The lowest BCUT2D eigenvalue weighted by Crippen LogP contribution is -2.32. The predicted octanol–water partition coefficient (Wildman–Crippen LogP) is 3.15. The number of aromatic nitrogens is 2. The third-order valence-corrected chi connectivity index (χ3v) is 4.31. The number of benzene rings is 2. The van der Waals surface area contributed by atoms with E-state index in [4.69, 9.17) is 11.6 Å². The molecule has 1 aromatic heterocycles. The fourth-order valence-corrected chi connectivity index (χ4v) is 2.78. The van der Waals surface area contributed by atoms with Crippen molar-refractivity contribution in [1.82, 2.24) is 15.1 Å². The monoisotopic (exact) mass is 367 g/mol. The number of nitrogens with one attached hydrogen (secondary N) is 1. The number of carbonyl (C=O) groups excluding carboxylic acids is 1. The lowest BCUT2D eigenvalue weighted by molar-refractivity contribution is 0.0929. The maximum absolute atomic E-state index is 12.6. The van der Waals surface area contributed by atoms with Crippen molar-refractivity contribution in [2.45, 2.75) is 12.5 Å². The minimum atomic E-state index is -0.330. The van der Waals surface area contributed by atoms with Crippen LogP contribution in [0.4, 0.5) is 0 Å². The van der Waals surface area contributed by atoms with Crippen LogP contribution in [-0.2, 0) is 13.5 Å². The summed E-state index contributed by atoms with van der Waals surface area (Å²) < 4.78 is 1.14. The zero-order valence-electron chi connectivity index (χ0n) is 14.2. The summed E-state index contributed by atoms with van der Waals surface area (Å²) in [5.74, 6) is -0.330. The molecule has 0 spiro atoms. The molecule has 1 atom stereocenters. The van der Waals surface area contributed by atoms with E-state index in [-0.39, 0.29) is 23.2 Å². The van der Waals surface area contributed by atoms with Crippen LogP contribution < -0.4 is 10.9 Å². The van der Waals surface area contributed by atoms with E-state index in [0.717, 1.165) is 15.8 Å². The van der Waals surface area contributed by atoms with Crippen LogP contribution >= 0.6 is 11.6 Å². The summed E-state index contributed by atoms with van der Waals surface area (Å²) in [6.07, 6.45) is 0.610. The predicted molar refractivity (Wildman–Crippen MR) is 101 cm³/mol. The fraction of sp³-hybridized carbons (Fsp3) is 0.150. The Labute approximate surface area is 156 Å². The van der Waals surface area contributed by atoms with Crippen molar-refractivity contribution in [1.29, 1.82) is 0 Å². The molecule has 132 valence electrons. The highest BCUT2D eigenvalue weighted by atomic mass is 35.5. The van der Waals surface area contributed by atoms with Crippen LogP contribution in [0.2, 0.25) is 5.02 Å². The van der Waals surface area contributed by atoms with Gasteiger partial charge in [-0.05, 0) is 35.7 Å². The Morgan fingerprint density at radius 3 is 2.42 bits per heavy atom. The molecule has 1 amide bonds. The SMILES string of the molecule is Cn1nc(C(=O)NC(Cc2ccc(Cl)cc2)c2ccccc2)ccc1=O. The van der Waals surface area contributed by atoms with Gasteiger partial charge in [-0.1, -0.05) is 54.1 Å². The molecule has 3 aromatic rings. The van der Waals surface area contributed by atoms with Gasteiger partial charge in [0.05, 0.1) is 6.04 Å². The van der Waals surface area contributed by atoms with Crippen LogP contribution in [0.15, 0.2) is 71.5 Å². The minimum absolute atomic E-state index is 0.198. The van der Waals surface area contributed by atoms with Gasteiger partial charge in [-0.15, -0.1) is 0 Å². The highest BCUT2D eigenvalue weighted by Gasteiger charge is 2.17. The summed E-state index contributed by atoms with van der Waals surface area (Å²) in [5, 5.41) is 7.69. The zero-order valence-corrected chi connectivity index (χ0v) is 15.0. The largest absolute Gasteiger partial charge is 0.344 e. The molecular formula is C20H18ClN3O2. The molecule has 0 saturated heterocycles. The van der Waals surface area contributed by atoms with E-state index in [1.165, 1.54) is 19.2 Å². The molecule has 0 aliphatic heterocycles. The maximum Gasteiger partial charge on any atom is 0.272 e. The molecule has 0 radical (unpaired) electrons. The van der Waals surface area contributed by atoms with Crippen molar-refractivity contribution in [3.63, 3.8) is 0 Å². The molecule has 1 heterocycles. The number of rotatable bonds is 5. The molecule has 3 rings (SSSR count). The quantitative estimate of drug-likeness (QED) is 0.753. The van der Waals surface area contributed by atoms with Crippen molar-refractivity contribution in [3.05, 3.63) is 98.9 Å². The lowest BCUT2D eigenvalue weighted by Gasteiger charge is -2.19. The molecule has 0 saturated carbocycles. The normalized spacial score (nSPS) is 11.8. The maximum atomic E-state index is 12.6. The van der Waals surface area contributed by atoms with Gasteiger partial charge in [-0.3, -0.25) is 9.59 Å². The van der Waals surface area contributed by atoms with Gasteiger partial charge >= 0.3 is 0 Å². The molecule has 0 aliphatic carbocycles. The first-order valence-corrected chi connectivity index (χ1v) is 8.55. The smallest absolute Gasteiger partial charge is 0.272 e. The van der Waals surface area contributed by atoms with Crippen molar-refractivity contribution in [3.8, 4) is 0 Å². The van der Waals surface area contributed by atoms with Crippen LogP contribution in [0.25, 0.3) is 0 Å². The Bertz CT molecular complexity index is 953. The molecule has 5 nitrogen and oxygen atoms in total. The van der Waals surface area contributed by atoms with Gasteiger partial charge in [0.2, 0.25) is 0 Å². The van der Waals surface area contributed by atoms with Crippen molar-refractivity contribution in [2.24, 2.45) is 7.05 Å². The summed E-state index contributed by atoms with van der Waals surface area (Å²) in [7, 11) is 1.52. The van der Waals surface area contributed by atoms with Gasteiger partial charge in [-0.25, -0.2) is 4.68 Å². The van der Waals surface area contributed by atoms with Crippen LogP contribution in [-0.4, -0.2) is 15.7 Å². The van der Waals surface area contributed by atoms with Crippen LogP contribution in [0.1, 0.15) is 27.7 Å². The number of hydrogen-bond donors (Lipinski definition) is 1. The Balaban J connectivity index is 1.85. The van der Waals surface area contributed by atoms with E-state index < -0.39 is 0 Å². The van der Waals surface area contributed by atoms with Crippen molar-refractivity contribution < 1.29 is 4.79 Å². The van der Waals surface area contributed by atoms with E-state index in [1.807, 2.05) is 54.6 Å². The summed E-state index contributed by atoms with van der Waals surface area (Å²) >= 11 is 5.95. The molecule has 1 N–H and O–H groups in total. The van der Waals surface area contributed by atoms with Gasteiger partial charge in [0.25, 0.3) is 11.5 Å². The number of halogens is 1. The molecule has 26 heavy (non-hydrogen) atoms. The minimum Gasteiger partial charge on any atom is -0.344 e. The second-order valence-electron chi connectivity index (χ2n) is 5.95. The van der Waals surface area contributed by atoms with E-state index in [2.05, 4.69) is 10.4 Å². The van der Waals surface area contributed by atoms with Gasteiger partial charge in [0.1, 0.15) is 5.69 Å². The molecular weight excluding hydrogens is 350 g/mol. The van der Waals surface area contributed by atoms with E-state index in [1.54, 1.807) is 0 Å². The average Bonchev–Trinajstić information content (AvgIpc) is 2.66. The zero-order chi connectivity index (χ0) is 18.5. The second-order valence-corrected chi connectivity index (χ2v) is 6.38. The average molecular weight is 368 g/mol. The topological polar surface area (TPSA) is 64.0 Å². The summed E-state index contributed by atoms with van der Waals surface area (Å²) in [6.45, 7) is 0. The van der Waals surface area contributed by atoms with E-state index in [9.17, 15) is 9.59 Å². The molecule has 6 heteroatoms.